The Labute approximate surface area is 140 Å². The summed E-state index contributed by atoms with van der Waals surface area (Å²) in [5.41, 5.74) is 1.05. The average molecular weight is 340 g/mol. The molecular weight excluding hydrogens is 318 g/mol. The number of urea groups is 1. The summed E-state index contributed by atoms with van der Waals surface area (Å²) in [5.74, 6) is -0.0979. The molecule has 1 saturated heterocycles. The lowest BCUT2D eigenvalue weighted by molar-refractivity contribution is -0.115. The minimum absolute atomic E-state index is 0.0979. The Morgan fingerprint density at radius 3 is 2.87 bits per heavy atom. The number of anilines is 2. The predicted molar refractivity (Wildman–Crippen MR) is 91.0 cm³/mol. The zero-order valence-corrected chi connectivity index (χ0v) is 13.9. The molecule has 1 unspecified atom stereocenters. The molecule has 1 fully saturated rings. The minimum Gasteiger partial charge on any atom is -0.378 e. The van der Waals surface area contributed by atoms with Gasteiger partial charge in [0.15, 0.2) is 0 Å². The molecule has 1 aliphatic rings. The van der Waals surface area contributed by atoms with Crippen molar-refractivity contribution in [1.29, 1.82) is 0 Å². The van der Waals surface area contributed by atoms with E-state index in [1.165, 1.54) is 0 Å². The molecule has 0 aromatic heterocycles. The van der Waals surface area contributed by atoms with E-state index < -0.39 is 0 Å². The van der Waals surface area contributed by atoms with Crippen LogP contribution in [0.5, 0.6) is 0 Å². The molecule has 3 N–H and O–H groups in total. The molecule has 23 heavy (non-hydrogen) atoms. The van der Waals surface area contributed by atoms with Crippen LogP contribution in [0.1, 0.15) is 32.6 Å². The third kappa shape index (κ3) is 5.73. The van der Waals surface area contributed by atoms with Gasteiger partial charge in [-0.1, -0.05) is 18.5 Å². The number of carbonyl (C=O) groups excluding carboxylic acids is 2. The van der Waals surface area contributed by atoms with Gasteiger partial charge in [0.2, 0.25) is 5.91 Å². The van der Waals surface area contributed by atoms with Crippen LogP contribution >= 0.6 is 11.6 Å². The molecule has 2 rings (SSSR count). The molecule has 1 heterocycles. The van der Waals surface area contributed by atoms with Crippen molar-refractivity contribution in [2.45, 2.75) is 38.7 Å². The van der Waals surface area contributed by atoms with E-state index >= 15 is 0 Å². The Bertz CT molecular complexity index is 560. The first kappa shape index (κ1) is 17.6. The topological polar surface area (TPSA) is 79.5 Å². The lowest BCUT2D eigenvalue weighted by Crippen LogP contribution is -2.31. The number of hydrogen-bond acceptors (Lipinski definition) is 3. The number of halogens is 1. The molecule has 3 amide bonds. The van der Waals surface area contributed by atoms with Crippen LogP contribution in [0.3, 0.4) is 0 Å². The van der Waals surface area contributed by atoms with Crippen molar-refractivity contribution in [3.63, 3.8) is 0 Å². The lowest BCUT2D eigenvalue weighted by atomic mass is 10.2. The van der Waals surface area contributed by atoms with Crippen molar-refractivity contribution in [2.75, 3.05) is 23.8 Å². The van der Waals surface area contributed by atoms with Gasteiger partial charge in [0.25, 0.3) is 0 Å². The molecule has 6 nitrogen and oxygen atoms in total. The highest BCUT2D eigenvalue weighted by molar-refractivity contribution is 6.33. The quantitative estimate of drug-likeness (QED) is 0.743. The number of amides is 3. The van der Waals surface area contributed by atoms with Crippen LogP contribution in [0, 0.1) is 0 Å². The standard InChI is InChI=1S/C16H22ClN3O3/c1-2-15(21)19-11-5-6-13(17)14(10-11)20-16(22)18-8-7-12-4-3-9-23-12/h5-6,10,12H,2-4,7-9H2,1H3,(H,19,21)(H2,18,20,22). The Hall–Kier alpha value is -1.79. The maximum atomic E-state index is 11.9. The minimum atomic E-state index is -0.330. The smallest absolute Gasteiger partial charge is 0.319 e. The van der Waals surface area contributed by atoms with E-state index in [1.54, 1.807) is 25.1 Å². The Morgan fingerprint density at radius 1 is 1.35 bits per heavy atom. The fraction of sp³-hybridized carbons (Fsp3) is 0.500. The van der Waals surface area contributed by atoms with Crippen molar-refractivity contribution in [1.82, 2.24) is 5.32 Å². The van der Waals surface area contributed by atoms with E-state index in [0.29, 0.717) is 29.4 Å². The first-order chi connectivity index (χ1) is 11.1. The van der Waals surface area contributed by atoms with Crippen LogP contribution < -0.4 is 16.0 Å². The van der Waals surface area contributed by atoms with Crippen LogP contribution in [0.25, 0.3) is 0 Å². The molecule has 0 spiro atoms. The second-order valence-corrected chi connectivity index (χ2v) is 5.81. The fourth-order valence-electron chi connectivity index (χ4n) is 2.33. The highest BCUT2D eigenvalue weighted by Crippen LogP contribution is 2.25. The fourth-order valence-corrected chi connectivity index (χ4v) is 2.50. The predicted octanol–water partition coefficient (Wildman–Crippen LogP) is 3.38. The number of carbonyl (C=O) groups is 2. The first-order valence-corrected chi connectivity index (χ1v) is 8.22. The molecule has 0 radical (unpaired) electrons. The van der Waals surface area contributed by atoms with Crippen molar-refractivity contribution in [3.8, 4) is 0 Å². The van der Waals surface area contributed by atoms with Gasteiger partial charge < -0.3 is 20.7 Å². The van der Waals surface area contributed by atoms with E-state index in [-0.39, 0.29) is 18.0 Å². The van der Waals surface area contributed by atoms with Crippen LogP contribution in [0.15, 0.2) is 18.2 Å². The summed E-state index contributed by atoms with van der Waals surface area (Å²) in [6.07, 6.45) is 3.56. The van der Waals surface area contributed by atoms with Crippen LogP contribution in [0.2, 0.25) is 5.02 Å². The number of hydrogen-bond donors (Lipinski definition) is 3. The lowest BCUT2D eigenvalue weighted by Gasteiger charge is -2.13. The normalized spacial score (nSPS) is 16.9. The number of benzene rings is 1. The van der Waals surface area contributed by atoms with Gasteiger partial charge in [0, 0.05) is 25.3 Å². The van der Waals surface area contributed by atoms with Crippen LogP contribution in [0.4, 0.5) is 16.2 Å². The monoisotopic (exact) mass is 339 g/mol. The van der Waals surface area contributed by atoms with Crippen molar-refractivity contribution in [2.24, 2.45) is 0 Å². The Morgan fingerprint density at radius 2 is 2.17 bits per heavy atom. The molecule has 126 valence electrons. The molecule has 0 saturated carbocycles. The van der Waals surface area contributed by atoms with Gasteiger partial charge in [0.05, 0.1) is 16.8 Å². The third-order valence-electron chi connectivity index (χ3n) is 3.60. The highest BCUT2D eigenvalue weighted by Gasteiger charge is 2.15. The number of ether oxygens (including phenoxy) is 1. The maximum absolute atomic E-state index is 11.9. The van der Waals surface area contributed by atoms with E-state index in [0.717, 1.165) is 25.9 Å². The van der Waals surface area contributed by atoms with Crippen molar-refractivity contribution < 1.29 is 14.3 Å². The molecule has 0 bridgehead atoms. The average Bonchev–Trinajstić information content (AvgIpc) is 3.04. The summed E-state index contributed by atoms with van der Waals surface area (Å²) in [6.45, 7) is 3.12. The Kier molecular flexibility index (Phi) is 6.67. The van der Waals surface area contributed by atoms with Crippen LogP contribution in [-0.4, -0.2) is 31.2 Å². The van der Waals surface area contributed by atoms with Crippen LogP contribution in [-0.2, 0) is 9.53 Å². The van der Waals surface area contributed by atoms with Gasteiger partial charge in [-0.05, 0) is 37.5 Å². The molecular formula is C16H22ClN3O3. The molecule has 1 aromatic carbocycles. The summed E-state index contributed by atoms with van der Waals surface area (Å²) in [7, 11) is 0. The zero-order chi connectivity index (χ0) is 16.7. The van der Waals surface area contributed by atoms with Gasteiger partial charge >= 0.3 is 6.03 Å². The van der Waals surface area contributed by atoms with E-state index in [4.69, 9.17) is 16.3 Å². The van der Waals surface area contributed by atoms with Crippen molar-refractivity contribution >= 4 is 34.9 Å². The largest absolute Gasteiger partial charge is 0.378 e. The Balaban J connectivity index is 1.83. The van der Waals surface area contributed by atoms with E-state index in [1.807, 2.05) is 0 Å². The van der Waals surface area contributed by atoms with Gasteiger partial charge in [-0.25, -0.2) is 4.79 Å². The van der Waals surface area contributed by atoms with E-state index in [2.05, 4.69) is 16.0 Å². The summed E-state index contributed by atoms with van der Waals surface area (Å²) >= 11 is 6.07. The zero-order valence-electron chi connectivity index (χ0n) is 13.2. The highest BCUT2D eigenvalue weighted by atomic mass is 35.5. The summed E-state index contributed by atoms with van der Waals surface area (Å²) in [4.78, 5) is 23.3. The van der Waals surface area contributed by atoms with Gasteiger partial charge in [0.1, 0.15) is 0 Å². The van der Waals surface area contributed by atoms with E-state index in [9.17, 15) is 9.59 Å². The molecule has 1 atom stereocenters. The summed E-state index contributed by atoms with van der Waals surface area (Å²) in [6, 6.07) is 4.63. The van der Waals surface area contributed by atoms with Gasteiger partial charge in [-0.15, -0.1) is 0 Å². The summed E-state index contributed by atoms with van der Waals surface area (Å²) < 4.78 is 5.50. The maximum Gasteiger partial charge on any atom is 0.319 e. The molecule has 7 heteroatoms. The number of rotatable bonds is 6. The molecule has 0 aliphatic carbocycles. The third-order valence-corrected chi connectivity index (χ3v) is 3.92. The summed E-state index contributed by atoms with van der Waals surface area (Å²) in [5, 5.41) is 8.61. The molecule has 1 aliphatic heterocycles. The van der Waals surface area contributed by atoms with Gasteiger partial charge in [-0.2, -0.15) is 0 Å². The first-order valence-electron chi connectivity index (χ1n) is 7.84. The van der Waals surface area contributed by atoms with Gasteiger partial charge in [-0.3, -0.25) is 4.79 Å². The SMILES string of the molecule is CCC(=O)Nc1ccc(Cl)c(NC(=O)NCCC2CCCO2)c1. The number of nitrogens with one attached hydrogen (secondary N) is 3. The second kappa shape index (κ2) is 8.74. The molecule has 1 aromatic rings. The van der Waals surface area contributed by atoms with Crippen molar-refractivity contribution in [3.05, 3.63) is 23.2 Å². The second-order valence-electron chi connectivity index (χ2n) is 5.40.